The Morgan fingerprint density at radius 2 is 1.89 bits per heavy atom. The Morgan fingerprint density at radius 3 is 2.53 bits per heavy atom. The molecule has 3 nitrogen and oxygen atoms in total. The minimum atomic E-state index is 0.0780. The van der Waals surface area contributed by atoms with E-state index in [0.717, 1.165) is 5.69 Å². The normalized spacial score (nSPS) is 16.6. The number of hydrogen-bond acceptors (Lipinski definition) is 2. The summed E-state index contributed by atoms with van der Waals surface area (Å²) in [6.07, 6.45) is 6.40. The van der Waals surface area contributed by atoms with Crippen molar-refractivity contribution in [3.05, 3.63) is 27.8 Å². The van der Waals surface area contributed by atoms with Crippen LogP contribution in [0.5, 0.6) is 0 Å². The third-order valence-electron chi connectivity index (χ3n) is 3.72. The maximum absolute atomic E-state index is 12.0. The molecule has 0 saturated heterocycles. The van der Waals surface area contributed by atoms with Gasteiger partial charge in [0.15, 0.2) is 0 Å². The maximum Gasteiger partial charge on any atom is 0.238 e. The van der Waals surface area contributed by atoms with Crippen molar-refractivity contribution in [2.75, 3.05) is 18.9 Å². The molecule has 0 unspecified atom stereocenters. The quantitative estimate of drug-likeness (QED) is 0.821. The molecule has 1 saturated carbocycles. The van der Waals surface area contributed by atoms with Crippen LogP contribution in [0.2, 0.25) is 0 Å². The molecular weight excluding hydrogens is 351 g/mol. The highest BCUT2D eigenvalue weighted by atomic mass is 127. The predicted octanol–water partition coefficient (Wildman–Crippen LogP) is 3.49. The lowest BCUT2D eigenvalue weighted by Gasteiger charge is -2.30. The van der Waals surface area contributed by atoms with Crippen molar-refractivity contribution in [2.45, 2.75) is 38.1 Å². The van der Waals surface area contributed by atoms with Crippen LogP contribution in [0.15, 0.2) is 24.3 Å². The number of hydrogen-bond donors (Lipinski definition) is 1. The molecule has 1 N–H and O–H groups in total. The highest BCUT2D eigenvalue weighted by Crippen LogP contribution is 2.21. The summed E-state index contributed by atoms with van der Waals surface area (Å²) in [6.45, 7) is 0.483. The molecule has 104 valence electrons. The van der Waals surface area contributed by atoms with Gasteiger partial charge < -0.3 is 5.32 Å². The van der Waals surface area contributed by atoms with Gasteiger partial charge in [0.1, 0.15) is 0 Å². The first-order chi connectivity index (χ1) is 9.15. The fraction of sp³-hybridized carbons (Fsp3) is 0.533. The van der Waals surface area contributed by atoms with E-state index in [0.29, 0.717) is 12.6 Å². The van der Waals surface area contributed by atoms with Crippen molar-refractivity contribution < 1.29 is 4.79 Å². The standard InChI is InChI=1S/C15H21IN2O/c1-18(14-5-3-2-4-6-14)11-15(19)17-13-9-7-12(16)8-10-13/h7-10,14H,2-6,11H2,1H3,(H,17,19). The second-order valence-corrected chi connectivity index (χ2v) is 6.51. The Balaban J connectivity index is 1.81. The molecule has 0 bridgehead atoms. The number of amides is 1. The average molecular weight is 372 g/mol. The van der Waals surface area contributed by atoms with E-state index in [4.69, 9.17) is 0 Å². The van der Waals surface area contributed by atoms with Gasteiger partial charge in [0.05, 0.1) is 6.54 Å². The SMILES string of the molecule is CN(CC(=O)Nc1ccc(I)cc1)C1CCCCC1. The largest absolute Gasteiger partial charge is 0.325 e. The molecule has 1 fully saturated rings. The summed E-state index contributed by atoms with van der Waals surface area (Å²) in [4.78, 5) is 14.2. The number of carbonyl (C=O) groups excluding carboxylic acids is 1. The van der Waals surface area contributed by atoms with Gasteiger partial charge in [0.2, 0.25) is 5.91 Å². The van der Waals surface area contributed by atoms with Gasteiger partial charge in [0, 0.05) is 15.3 Å². The summed E-state index contributed by atoms with van der Waals surface area (Å²) in [5, 5.41) is 2.96. The molecule has 2 rings (SSSR count). The van der Waals surface area contributed by atoms with Crippen LogP contribution in [0, 0.1) is 3.57 Å². The van der Waals surface area contributed by atoms with Crippen LogP contribution in [-0.2, 0) is 4.79 Å². The van der Waals surface area contributed by atoms with E-state index in [1.807, 2.05) is 24.3 Å². The van der Waals surface area contributed by atoms with Gasteiger partial charge in [-0.3, -0.25) is 9.69 Å². The molecular formula is C15H21IN2O. The Bertz CT molecular complexity index is 413. The Kier molecular flexibility index (Phi) is 5.63. The molecule has 1 amide bonds. The lowest BCUT2D eigenvalue weighted by Crippen LogP contribution is -2.39. The number of nitrogens with zero attached hydrogens (tertiary/aromatic N) is 1. The summed E-state index contributed by atoms with van der Waals surface area (Å²) >= 11 is 2.26. The zero-order chi connectivity index (χ0) is 13.7. The Labute approximate surface area is 128 Å². The van der Waals surface area contributed by atoms with Crippen molar-refractivity contribution in [3.63, 3.8) is 0 Å². The molecule has 0 atom stereocenters. The number of likely N-dealkylation sites (N-methyl/N-ethyl adjacent to an activating group) is 1. The zero-order valence-corrected chi connectivity index (χ0v) is 13.5. The van der Waals surface area contributed by atoms with E-state index in [-0.39, 0.29) is 5.91 Å². The van der Waals surface area contributed by atoms with E-state index in [2.05, 4.69) is 39.9 Å². The number of rotatable bonds is 4. The Hall–Kier alpha value is -0.620. The predicted molar refractivity (Wildman–Crippen MR) is 87.3 cm³/mol. The van der Waals surface area contributed by atoms with Gasteiger partial charge in [-0.25, -0.2) is 0 Å². The fourth-order valence-electron chi connectivity index (χ4n) is 2.61. The summed E-state index contributed by atoms with van der Waals surface area (Å²) in [5.74, 6) is 0.0780. The zero-order valence-electron chi connectivity index (χ0n) is 11.4. The molecule has 0 aromatic heterocycles. The summed E-state index contributed by atoms with van der Waals surface area (Å²) in [6, 6.07) is 8.47. The van der Waals surface area contributed by atoms with E-state index < -0.39 is 0 Å². The van der Waals surface area contributed by atoms with E-state index in [1.165, 1.54) is 35.7 Å². The topological polar surface area (TPSA) is 32.3 Å². The fourth-order valence-corrected chi connectivity index (χ4v) is 2.97. The van der Waals surface area contributed by atoms with Crippen LogP contribution in [0.25, 0.3) is 0 Å². The second kappa shape index (κ2) is 7.24. The van der Waals surface area contributed by atoms with Crippen molar-refractivity contribution in [1.29, 1.82) is 0 Å². The lowest BCUT2D eigenvalue weighted by atomic mass is 9.94. The van der Waals surface area contributed by atoms with E-state index in [1.54, 1.807) is 0 Å². The second-order valence-electron chi connectivity index (χ2n) is 5.26. The van der Waals surface area contributed by atoms with Gasteiger partial charge in [-0.15, -0.1) is 0 Å². The molecule has 19 heavy (non-hydrogen) atoms. The molecule has 1 aliphatic carbocycles. The van der Waals surface area contributed by atoms with Gasteiger partial charge in [0.25, 0.3) is 0 Å². The first kappa shape index (κ1) is 14.8. The van der Waals surface area contributed by atoms with Gasteiger partial charge >= 0.3 is 0 Å². The highest BCUT2D eigenvalue weighted by molar-refractivity contribution is 14.1. The van der Waals surface area contributed by atoms with Crippen LogP contribution in [-0.4, -0.2) is 30.4 Å². The third kappa shape index (κ3) is 4.76. The van der Waals surface area contributed by atoms with Gasteiger partial charge in [-0.1, -0.05) is 19.3 Å². The van der Waals surface area contributed by atoms with E-state index >= 15 is 0 Å². The number of carbonyl (C=O) groups is 1. The van der Waals surface area contributed by atoms with Crippen LogP contribution in [0.4, 0.5) is 5.69 Å². The summed E-state index contributed by atoms with van der Waals surface area (Å²) in [7, 11) is 2.06. The minimum Gasteiger partial charge on any atom is -0.325 e. The number of benzene rings is 1. The molecule has 0 spiro atoms. The first-order valence-electron chi connectivity index (χ1n) is 6.91. The lowest BCUT2D eigenvalue weighted by molar-refractivity contribution is -0.117. The molecule has 0 heterocycles. The molecule has 4 heteroatoms. The molecule has 0 radical (unpaired) electrons. The molecule has 1 aliphatic rings. The van der Waals surface area contributed by atoms with Gasteiger partial charge in [-0.2, -0.15) is 0 Å². The average Bonchev–Trinajstić information content (AvgIpc) is 2.42. The first-order valence-corrected chi connectivity index (χ1v) is 7.98. The number of halogens is 1. The Morgan fingerprint density at radius 1 is 1.26 bits per heavy atom. The summed E-state index contributed by atoms with van der Waals surface area (Å²) < 4.78 is 1.18. The van der Waals surface area contributed by atoms with Crippen molar-refractivity contribution >= 4 is 34.2 Å². The van der Waals surface area contributed by atoms with Crippen LogP contribution < -0.4 is 5.32 Å². The van der Waals surface area contributed by atoms with E-state index in [9.17, 15) is 4.79 Å². The maximum atomic E-state index is 12.0. The smallest absolute Gasteiger partial charge is 0.238 e. The molecule has 0 aliphatic heterocycles. The number of nitrogens with one attached hydrogen (secondary N) is 1. The van der Waals surface area contributed by atoms with Crippen LogP contribution in [0.1, 0.15) is 32.1 Å². The van der Waals surface area contributed by atoms with Crippen LogP contribution in [0.3, 0.4) is 0 Å². The number of anilines is 1. The highest BCUT2D eigenvalue weighted by Gasteiger charge is 2.19. The van der Waals surface area contributed by atoms with Gasteiger partial charge in [-0.05, 0) is 66.7 Å². The minimum absolute atomic E-state index is 0.0780. The van der Waals surface area contributed by atoms with Crippen LogP contribution >= 0.6 is 22.6 Å². The molecule has 1 aromatic rings. The monoisotopic (exact) mass is 372 g/mol. The van der Waals surface area contributed by atoms with Crippen molar-refractivity contribution in [3.8, 4) is 0 Å². The third-order valence-corrected chi connectivity index (χ3v) is 4.44. The van der Waals surface area contributed by atoms with Crippen molar-refractivity contribution in [2.24, 2.45) is 0 Å². The summed E-state index contributed by atoms with van der Waals surface area (Å²) in [5.41, 5.74) is 0.877. The molecule has 1 aromatic carbocycles. The van der Waals surface area contributed by atoms with Crippen molar-refractivity contribution in [1.82, 2.24) is 4.90 Å².